The maximum Gasteiger partial charge on any atom is 0.412 e. The molecule has 2 aromatic carbocycles. The third-order valence-corrected chi connectivity index (χ3v) is 3.97. The number of carbonyl (C=O) groups excluding carboxylic acids is 2. The van der Waals surface area contributed by atoms with Gasteiger partial charge < -0.3 is 14.6 Å². The smallest absolute Gasteiger partial charge is 0.412 e. The maximum atomic E-state index is 12.5. The summed E-state index contributed by atoms with van der Waals surface area (Å²) in [4.78, 5) is 23.8. The molecule has 0 unspecified atom stereocenters. The zero-order valence-corrected chi connectivity index (χ0v) is 15.9. The van der Waals surface area contributed by atoms with Crippen LogP contribution in [0.5, 0.6) is 5.75 Å². The number of amides is 2. The summed E-state index contributed by atoms with van der Waals surface area (Å²) >= 11 is 0. The molecule has 0 spiro atoms. The lowest BCUT2D eigenvalue weighted by molar-refractivity contribution is -0.124. The summed E-state index contributed by atoms with van der Waals surface area (Å²) in [6, 6.07) is 15.8. The first-order valence-electron chi connectivity index (χ1n) is 9.02. The first-order valence-corrected chi connectivity index (χ1v) is 9.02. The van der Waals surface area contributed by atoms with Gasteiger partial charge in [0.15, 0.2) is 0 Å². The number of nitrogens with one attached hydrogen (secondary N) is 2. The number of hydrogen-bond donors (Lipinski definition) is 4. The minimum absolute atomic E-state index is 0.0804. The van der Waals surface area contributed by atoms with E-state index in [1.54, 1.807) is 55.5 Å². The number of hydrogen-bond acceptors (Lipinski definition) is 6. The molecule has 0 aromatic heterocycles. The molecule has 8 heteroatoms. The molecule has 0 heterocycles. The monoisotopic (exact) mass is 400 g/mol. The second kappa shape index (κ2) is 11.5. The molecule has 0 fully saturated rings. The SMILES string of the molecule is C[C@@H](/C=C/C(=O)NO)[C@@H](OC(=O)Nc1ccccc1)c1ccccc1OCCO. The van der Waals surface area contributed by atoms with E-state index in [1.165, 1.54) is 11.6 Å². The van der Waals surface area contributed by atoms with E-state index in [1.807, 2.05) is 6.07 Å². The topological polar surface area (TPSA) is 117 Å². The van der Waals surface area contributed by atoms with Gasteiger partial charge in [0.2, 0.25) is 0 Å². The van der Waals surface area contributed by atoms with Crippen LogP contribution in [0.15, 0.2) is 66.7 Å². The van der Waals surface area contributed by atoms with E-state index in [4.69, 9.17) is 19.8 Å². The van der Waals surface area contributed by atoms with Gasteiger partial charge in [0.25, 0.3) is 5.91 Å². The van der Waals surface area contributed by atoms with Crippen molar-refractivity contribution in [1.82, 2.24) is 5.48 Å². The van der Waals surface area contributed by atoms with Crippen LogP contribution >= 0.6 is 0 Å². The first kappa shape index (κ1) is 21.9. The first-order chi connectivity index (χ1) is 14.0. The molecule has 2 aromatic rings. The lowest BCUT2D eigenvalue weighted by Crippen LogP contribution is -2.22. The Balaban J connectivity index is 2.27. The molecule has 0 bridgehead atoms. The van der Waals surface area contributed by atoms with Crippen LogP contribution in [0.3, 0.4) is 0 Å². The summed E-state index contributed by atoms with van der Waals surface area (Å²) in [7, 11) is 0. The van der Waals surface area contributed by atoms with Crippen LogP contribution in [0, 0.1) is 5.92 Å². The van der Waals surface area contributed by atoms with E-state index >= 15 is 0 Å². The van der Waals surface area contributed by atoms with Crippen molar-refractivity contribution in [2.45, 2.75) is 13.0 Å². The number of hydroxylamine groups is 1. The fourth-order valence-electron chi connectivity index (χ4n) is 2.62. The zero-order chi connectivity index (χ0) is 21.1. The van der Waals surface area contributed by atoms with Gasteiger partial charge in [0, 0.05) is 23.2 Å². The van der Waals surface area contributed by atoms with Crippen molar-refractivity contribution in [3.63, 3.8) is 0 Å². The lowest BCUT2D eigenvalue weighted by Gasteiger charge is -2.24. The highest BCUT2D eigenvalue weighted by Gasteiger charge is 2.25. The molecule has 2 amide bonds. The number of carbonyl (C=O) groups is 2. The Morgan fingerprint density at radius 3 is 2.48 bits per heavy atom. The zero-order valence-electron chi connectivity index (χ0n) is 15.9. The molecule has 0 aliphatic heterocycles. The van der Waals surface area contributed by atoms with Crippen LogP contribution in [0.2, 0.25) is 0 Å². The molecule has 4 N–H and O–H groups in total. The quantitative estimate of drug-likeness (QED) is 0.292. The van der Waals surface area contributed by atoms with Crippen LogP contribution in [0.1, 0.15) is 18.6 Å². The van der Waals surface area contributed by atoms with Gasteiger partial charge in [-0.15, -0.1) is 0 Å². The Labute approximate surface area is 168 Å². The van der Waals surface area contributed by atoms with Crippen molar-refractivity contribution < 1.29 is 29.4 Å². The molecule has 0 aliphatic carbocycles. The van der Waals surface area contributed by atoms with Gasteiger partial charge in [-0.05, 0) is 18.2 Å². The van der Waals surface area contributed by atoms with E-state index in [9.17, 15) is 9.59 Å². The lowest BCUT2D eigenvalue weighted by atomic mass is 9.96. The van der Waals surface area contributed by atoms with Crippen LogP contribution in [-0.4, -0.2) is 35.5 Å². The van der Waals surface area contributed by atoms with Crippen molar-refractivity contribution in [1.29, 1.82) is 0 Å². The van der Waals surface area contributed by atoms with Crippen molar-refractivity contribution in [3.05, 3.63) is 72.3 Å². The van der Waals surface area contributed by atoms with E-state index in [2.05, 4.69) is 5.32 Å². The van der Waals surface area contributed by atoms with Crippen LogP contribution < -0.4 is 15.5 Å². The second-order valence-electron chi connectivity index (χ2n) is 6.12. The van der Waals surface area contributed by atoms with E-state index < -0.39 is 24.0 Å². The number of benzene rings is 2. The largest absolute Gasteiger partial charge is 0.491 e. The molecule has 0 saturated carbocycles. The van der Waals surface area contributed by atoms with Gasteiger partial charge in [-0.25, -0.2) is 10.3 Å². The van der Waals surface area contributed by atoms with Crippen LogP contribution in [-0.2, 0) is 9.53 Å². The predicted molar refractivity (Wildman–Crippen MR) is 107 cm³/mol. The Bertz CT molecular complexity index is 825. The summed E-state index contributed by atoms with van der Waals surface area (Å²) in [6.45, 7) is 1.67. The van der Waals surface area contributed by atoms with E-state index in [0.717, 1.165) is 6.08 Å². The number of rotatable bonds is 9. The molecule has 0 aliphatic rings. The van der Waals surface area contributed by atoms with Crippen LogP contribution in [0.4, 0.5) is 10.5 Å². The minimum Gasteiger partial charge on any atom is -0.491 e. The number of para-hydroxylation sites is 2. The van der Waals surface area contributed by atoms with Crippen molar-refractivity contribution in [3.8, 4) is 5.75 Å². The Hall–Kier alpha value is -3.36. The number of anilines is 1. The fraction of sp³-hybridized carbons (Fsp3) is 0.238. The third-order valence-electron chi connectivity index (χ3n) is 3.97. The molecule has 8 nitrogen and oxygen atoms in total. The number of aliphatic hydroxyl groups excluding tert-OH is 1. The van der Waals surface area contributed by atoms with Gasteiger partial charge >= 0.3 is 6.09 Å². The number of ether oxygens (including phenoxy) is 2. The highest BCUT2D eigenvalue weighted by molar-refractivity contribution is 5.86. The predicted octanol–water partition coefficient (Wildman–Crippen LogP) is 3.05. The van der Waals surface area contributed by atoms with Crippen LogP contribution in [0.25, 0.3) is 0 Å². The van der Waals surface area contributed by atoms with Gasteiger partial charge in [0.05, 0.1) is 6.61 Å². The molecule has 154 valence electrons. The molecule has 0 radical (unpaired) electrons. The Morgan fingerprint density at radius 2 is 1.79 bits per heavy atom. The van der Waals surface area contributed by atoms with Gasteiger partial charge in [-0.1, -0.05) is 49.4 Å². The normalized spacial score (nSPS) is 12.8. The molecule has 2 rings (SSSR count). The Morgan fingerprint density at radius 1 is 1.10 bits per heavy atom. The summed E-state index contributed by atoms with van der Waals surface area (Å²) in [5.74, 6) is -0.687. The molecule has 2 atom stereocenters. The summed E-state index contributed by atoms with van der Waals surface area (Å²) < 4.78 is 11.2. The average Bonchev–Trinajstić information content (AvgIpc) is 2.75. The van der Waals surface area contributed by atoms with Gasteiger partial charge in [-0.3, -0.25) is 15.3 Å². The van der Waals surface area contributed by atoms with Gasteiger partial charge in [-0.2, -0.15) is 0 Å². The van der Waals surface area contributed by atoms with Crippen molar-refractivity contribution in [2.75, 3.05) is 18.5 Å². The summed E-state index contributed by atoms with van der Waals surface area (Å²) in [5, 5.41) is 20.4. The summed E-state index contributed by atoms with van der Waals surface area (Å²) in [6.07, 6.45) is 1.18. The minimum atomic E-state index is -0.795. The average molecular weight is 400 g/mol. The fourth-order valence-corrected chi connectivity index (χ4v) is 2.62. The standard InChI is InChI=1S/C21H24N2O6/c1-15(11-12-19(25)23-27)20(17-9-5-6-10-18(17)28-14-13-24)29-21(26)22-16-7-3-2-4-8-16/h2-12,15,20,24,27H,13-14H2,1H3,(H,22,26)(H,23,25)/b12-11+/t15-,20+/m0/s1. The van der Waals surface area contributed by atoms with E-state index in [-0.39, 0.29) is 13.2 Å². The molecule has 0 saturated heterocycles. The second-order valence-corrected chi connectivity index (χ2v) is 6.12. The molecular formula is C21H24N2O6. The third kappa shape index (κ3) is 6.95. The highest BCUT2D eigenvalue weighted by atomic mass is 16.6. The Kier molecular flexibility index (Phi) is 8.68. The van der Waals surface area contributed by atoms with Crippen molar-refractivity contribution in [2.24, 2.45) is 5.92 Å². The maximum absolute atomic E-state index is 12.5. The number of aliphatic hydroxyl groups is 1. The van der Waals surface area contributed by atoms with E-state index in [0.29, 0.717) is 17.0 Å². The van der Waals surface area contributed by atoms with Crippen molar-refractivity contribution >= 4 is 17.7 Å². The molecule has 29 heavy (non-hydrogen) atoms. The summed E-state index contributed by atoms with van der Waals surface area (Å²) in [5.41, 5.74) is 2.66. The highest BCUT2D eigenvalue weighted by Crippen LogP contribution is 2.34. The van der Waals surface area contributed by atoms with Gasteiger partial charge in [0.1, 0.15) is 18.5 Å². The molecular weight excluding hydrogens is 376 g/mol.